The summed E-state index contributed by atoms with van der Waals surface area (Å²) in [4.78, 5) is 13.8. The molecule has 0 saturated heterocycles. The highest BCUT2D eigenvalue weighted by molar-refractivity contribution is 5.87. The van der Waals surface area contributed by atoms with Gasteiger partial charge in [0.15, 0.2) is 5.84 Å². The van der Waals surface area contributed by atoms with Gasteiger partial charge in [-0.05, 0) is 25.2 Å². The lowest BCUT2D eigenvalue weighted by Gasteiger charge is -2.24. The zero-order chi connectivity index (χ0) is 12.1. The van der Waals surface area contributed by atoms with Crippen LogP contribution in [0.5, 0.6) is 0 Å². The first-order valence-corrected chi connectivity index (χ1v) is 5.85. The number of nitrogens with two attached hydrogens (primary N) is 1. The number of nitrogens with zero attached hydrogens (tertiary/aromatic N) is 2. The highest BCUT2D eigenvalue weighted by Gasteiger charge is 2.34. The summed E-state index contributed by atoms with van der Waals surface area (Å²) in [6.07, 6.45) is 3.18. The van der Waals surface area contributed by atoms with Crippen molar-refractivity contribution < 1.29 is 10.0 Å². The average Bonchev–Trinajstić information content (AvgIpc) is 3.10. The second kappa shape index (κ2) is 5.72. The van der Waals surface area contributed by atoms with Gasteiger partial charge >= 0.3 is 0 Å². The second-order valence-corrected chi connectivity index (χ2v) is 4.48. The summed E-state index contributed by atoms with van der Waals surface area (Å²) >= 11 is 0. The number of amides is 1. The molecule has 1 aliphatic rings. The average molecular weight is 227 g/mol. The van der Waals surface area contributed by atoms with E-state index in [1.807, 2.05) is 13.8 Å². The Balaban J connectivity index is 2.56. The zero-order valence-corrected chi connectivity index (χ0v) is 10.0. The zero-order valence-electron chi connectivity index (χ0n) is 10.0. The van der Waals surface area contributed by atoms with Crippen LogP contribution in [0.4, 0.5) is 0 Å². The molecule has 0 spiro atoms. The number of hydrogen-bond donors (Lipinski definition) is 2. The Hall–Kier alpha value is -1.26. The summed E-state index contributed by atoms with van der Waals surface area (Å²) in [5.41, 5.74) is 5.44. The summed E-state index contributed by atoms with van der Waals surface area (Å²) in [6, 6.07) is 0. The summed E-state index contributed by atoms with van der Waals surface area (Å²) in [7, 11) is 0. The van der Waals surface area contributed by atoms with E-state index in [4.69, 9.17) is 10.9 Å². The highest BCUT2D eigenvalue weighted by Crippen LogP contribution is 2.37. The van der Waals surface area contributed by atoms with E-state index in [2.05, 4.69) is 5.16 Å². The maximum absolute atomic E-state index is 12.1. The van der Waals surface area contributed by atoms with Crippen LogP contribution in [-0.4, -0.2) is 34.9 Å². The fourth-order valence-corrected chi connectivity index (χ4v) is 1.85. The first-order chi connectivity index (χ1) is 7.60. The Kier molecular flexibility index (Phi) is 4.58. The lowest BCUT2D eigenvalue weighted by molar-refractivity contribution is -0.134. The van der Waals surface area contributed by atoms with Crippen LogP contribution < -0.4 is 5.73 Å². The van der Waals surface area contributed by atoms with Crippen LogP contribution in [0.25, 0.3) is 0 Å². The Morgan fingerprint density at radius 2 is 2.25 bits per heavy atom. The molecule has 1 amide bonds. The quantitative estimate of drug-likeness (QED) is 0.308. The number of amidine groups is 1. The molecule has 1 rings (SSSR count). The van der Waals surface area contributed by atoms with Crippen molar-refractivity contribution in [3.8, 4) is 0 Å². The summed E-state index contributed by atoms with van der Waals surface area (Å²) in [6.45, 7) is 4.86. The van der Waals surface area contributed by atoms with Gasteiger partial charge in [-0.3, -0.25) is 4.79 Å². The topological polar surface area (TPSA) is 78.9 Å². The van der Waals surface area contributed by atoms with Crippen LogP contribution >= 0.6 is 0 Å². The molecule has 1 unspecified atom stereocenters. The molecule has 0 aromatic rings. The van der Waals surface area contributed by atoms with Crippen molar-refractivity contribution in [2.75, 3.05) is 13.1 Å². The maximum atomic E-state index is 12.1. The molecule has 92 valence electrons. The van der Waals surface area contributed by atoms with E-state index in [1.54, 1.807) is 4.90 Å². The van der Waals surface area contributed by atoms with E-state index in [-0.39, 0.29) is 24.2 Å². The number of rotatable bonds is 6. The molecule has 16 heavy (non-hydrogen) atoms. The molecular formula is C11H21N3O2. The summed E-state index contributed by atoms with van der Waals surface area (Å²) < 4.78 is 0. The standard InChI is InChI=1S/C11H21N3O2/c1-3-6-14(7-10(12)13-16)11(15)8(2)9-4-5-9/h8-9,16H,3-7H2,1-2H3,(H2,12,13). The SMILES string of the molecule is CCCN(CC(N)=NO)C(=O)C(C)C1CC1. The van der Waals surface area contributed by atoms with Gasteiger partial charge in [-0.25, -0.2) is 0 Å². The monoisotopic (exact) mass is 227 g/mol. The summed E-state index contributed by atoms with van der Waals surface area (Å²) in [5, 5.41) is 11.4. The maximum Gasteiger partial charge on any atom is 0.226 e. The van der Waals surface area contributed by atoms with Crippen LogP contribution in [0.3, 0.4) is 0 Å². The van der Waals surface area contributed by atoms with E-state index < -0.39 is 0 Å². The predicted molar refractivity (Wildman–Crippen MR) is 62.2 cm³/mol. The van der Waals surface area contributed by atoms with E-state index >= 15 is 0 Å². The molecule has 0 bridgehead atoms. The van der Waals surface area contributed by atoms with Crippen molar-refractivity contribution in [3.63, 3.8) is 0 Å². The van der Waals surface area contributed by atoms with Gasteiger partial charge in [0.2, 0.25) is 5.91 Å². The Labute approximate surface area is 96.3 Å². The van der Waals surface area contributed by atoms with E-state index in [0.717, 1.165) is 19.3 Å². The molecule has 3 N–H and O–H groups in total. The van der Waals surface area contributed by atoms with E-state index in [9.17, 15) is 4.79 Å². The minimum Gasteiger partial charge on any atom is -0.409 e. The van der Waals surface area contributed by atoms with Crippen LogP contribution in [0, 0.1) is 11.8 Å². The van der Waals surface area contributed by atoms with Crippen molar-refractivity contribution in [1.29, 1.82) is 0 Å². The fraction of sp³-hybridized carbons (Fsp3) is 0.818. The number of hydrogen-bond acceptors (Lipinski definition) is 3. The largest absolute Gasteiger partial charge is 0.409 e. The van der Waals surface area contributed by atoms with Gasteiger partial charge in [0.05, 0.1) is 6.54 Å². The van der Waals surface area contributed by atoms with Gasteiger partial charge in [0, 0.05) is 12.5 Å². The van der Waals surface area contributed by atoms with Gasteiger partial charge in [-0.1, -0.05) is 19.0 Å². The van der Waals surface area contributed by atoms with Gasteiger partial charge < -0.3 is 15.8 Å². The van der Waals surface area contributed by atoms with Crippen molar-refractivity contribution >= 4 is 11.7 Å². The Morgan fingerprint density at radius 3 is 2.69 bits per heavy atom. The molecule has 5 nitrogen and oxygen atoms in total. The molecule has 1 fully saturated rings. The molecule has 1 atom stereocenters. The molecule has 0 aromatic heterocycles. The first kappa shape index (κ1) is 12.8. The third-order valence-corrected chi connectivity index (χ3v) is 3.01. The smallest absolute Gasteiger partial charge is 0.226 e. The molecule has 0 aliphatic heterocycles. The van der Waals surface area contributed by atoms with Crippen LogP contribution in [0.2, 0.25) is 0 Å². The summed E-state index contributed by atoms with van der Waals surface area (Å²) in [5.74, 6) is 0.818. The van der Waals surface area contributed by atoms with Gasteiger partial charge in [-0.15, -0.1) is 0 Å². The van der Waals surface area contributed by atoms with Crippen molar-refractivity contribution in [3.05, 3.63) is 0 Å². The van der Waals surface area contributed by atoms with Crippen LogP contribution in [0.15, 0.2) is 5.16 Å². The van der Waals surface area contributed by atoms with Crippen LogP contribution in [-0.2, 0) is 4.79 Å². The Bertz CT molecular complexity index is 274. The van der Waals surface area contributed by atoms with Crippen molar-refractivity contribution in [2.24, 2.45) is 22.7 Å². The molecule has 1 aliphatic carbocycles. The minimum absolute atomic E-state index is 0.0676. The Morgan fingerprint density at radius 1 is 1.62 bits per heavy atom. The number of carbonyl (C=O) groups is 1. The van der Waals surface area contributed by atoms with Gasteiger partial charge in [-0.2, -0.15) is 0 Å². The van der Waals surface area contributed by atoms with E-state index in [0.29, 0.717) is 12.5 Å². The second-order valence-electron chi connectivity index (χ2n) is 4.48. The first-order valence-electron chi connectivity index (χ1n) is 5.85. The van der Waals surface area contributed by atoms with Gasteiger partial charge in [0.1, 0.15) is 0 Å². The van der Waals surface area contributed by atoms with Gasteiger partial charge in [0.25, 0.3) is 0 Å². The number of carbonyl (C=O) groups excluding carboxylic acids is 1. The molecular weight excluding hydrogens is 206 g/mol. The fourth-order valence-electron chi connectivity index (χ4n) is 1.85. The third-order valence-electron chi connectivity index (χ3n) is 3.01. The normalized spacial score (nSPS) is 18.2. The molecule has 1 saturated carbocycles. The number of oxime groups is 1. The van der Waals surface area contributed by atoms with Crippen molar-refractivity contribution in [2.45, 2.75) is 33.1 Å². The lowest BCUT2D eigenvalue weighted by atomic mass is 10.0. The molecule has 0 aromatic carbocycles. The van der Waals surface area contributed by atoms with E-state index in [1.165, 1.54) is 0 Å². The minimum atomic E-state index is 0.0676. The third kappa shape index (κ3) is 3.40. The molecule has 5 heteroatoms. The molecule has 0 radical (unpaired) electrons. The lowest BCUT2D eigenvalue weighted by Crippen LogP contribution is -2.42. The van der Waals surface area contributed by atoms with Crippen LogP contribution in [0.1, 0.15) is 33.1 Å². The predicted octanol–water partition coefficient (Wildman–Crippen LogP) is 1.02. The molecule has 0 heterocycles. The van der Waals surface area contributed by atoms with Crippen molar-refractivity contribution in [1.82, 2.24) is 4.90 Å². The highest BCUT2D eigenvalue weighted by atomic mass is 16.4.